The molecular formula is C24H27N3O6. The van der Waals surface area contributed by atoms with Crippen molar-refractivity contribution in [3.05, 3.63) is 47.7 Å². The van der Waals surface area contributed by atoms with Crippen molar-refractivity contribution in [2.45, 2.75) is 19.8 Å². The van der Waals surface area contributed by atoms with Gasteiger partial charge in [-0.3, -0.25) is 14.4 Å². The van der Waals surface area contributed by atoms with E-state index in [-0.39, 0.29) is 37.1 Å². The summed E-state index contributed by atoms with van der Waals surface area (Å²) in [5.74, 6) is 0.953. The summed E-state index contributed by atoms with van der Waals surface area (Å²) < 4.78 is 16.0. The number of benzene rings is 2. The van der Waals surface area contributed by atoms with Crippen molar-refractivity contribution in [1.82, 2.24) is 4.90 Å². The fourth-order valence-corrected chi connectivity index (χ4v) is 3.48. The van der Waals surface area contributed by atoms with Crippen molar-refractivity contribution in [2.24, 2.45) is 0 Å². The molecule has 3 rings (SSSR count). The Morgan fingerprint density at radius 1 is 0.970 bits per heavy atom. The molecule has 0 saturated heterocycles. The average molecular weight is 453 g/mol. The van der Waals surface area contributed by atoms with E-state index in [0.717, 1.165) is 11.1 Å². The summed E-state index contributed by atoms with van der Waals surface area (Å²) in [4.78, 5) is 38.2. The third-order valence-corrected chi connectivity index (χ3v) is 5.12. The Bertz CT molecular complexity index is 1100. The lowest BCUT2D eigenvalue weighted by molar-refractivity contribution is -0.128. The lowest BCUT2D eigenvalue weighted by Crippen LogP contribution is -2.30. The predicted octanol–water partition coefficient (Wildman–Crippen LogP) is 3.06. The Labute approximate surface area is 192 Å². The highest BCUT2D eigenvalue weighted by atomic mass is 16.5. The maximum Gasteiger partial charge on any atom is 0.230 e. The Morgan fingerprint density at radius 2 is 1.67 bits per heavy atom. The Kier molecular flexibility index (Phi) is 7.55. The van der Waals surface area contributed by atoms with Crippen LogP contribution in [0, 0.1) is 0 Å². The zero-order valence-corrected chi connectivity index (χ0v) is 19.1. The first-order valence-corrected chi connectivity index (χ1v) is 10.3. The van der Waals surface area contributed by atoms with Crippen LogP contribution >= 0.6 is 0 Å². The summed E-state index contributed by atoms with van der Waals surface area (Å²) in [6.07, 6.45) is 3.74. The van der Waals surface area contributed by atoms with Crippen LogP contribution in [0.1, 0.15) is 24.5 Å². The van der Waals surface area contributed by atoms with Gasteiger partial charge in [0.05, 0.1) is 33.4 Å². The zero-order valence-electron chi connectivity index (χ0n) is 19.1. The molecule has 2 aromatic rings. The van der Waals surface area contributed by atoms with E-state index in [2.05, 4.69) is 10.6 Å². The first kappa shape index (κ1) is 23.6. The number of hydrogen-bond acceptors (Lipinski definition) is 6. The molecule has 0 spiro atoms. The van der Waals surface area contributed by atoms with Gasteiger partial charge in [-0.1, -0.05) is 0 Å². The van der Waals surface area contributed by atoms with E-state index in [1.54, 1.807) is 44.7 Å². The number of nitrogens with one attached hydrogen (secondary N) is 2. The second-order valence-corrected chi connectivity index (χ2v) is 7.38. The minimum absolute atomic E-state index is 0.0760. The van der Waals surface area contributed by atoms with Gasteiger partial charge in [-0.2, -0.15) is 0 Å². The Balaban J connectivity index is 1.67. The average Bonchev–Trinajstić information content (AvgIpc) is 2.94. The number of carbonyl (C=O) groups excluding carboxylic acids is 3. The van der Waals surface area contributed by atoms with E-state index in [1.165, 1.54) is 18.9 Å². The van der Waals surface area contributed by atoms with Crippen LogP contribution in [0.2, 0.25) is 0 Å². The number of hydrogen-bond donors (Lipinski definition) is 2. The quantitative estimate of drug-likeness (QED) is 0.636. The van der Waals surface area contributed by atoms with E-state index in [0.29, 0.717) is 28.6 Å². The lowest BCUT2D eigenvalue weighted by atomic mass is 10.0. The van der Waals surface area contributed by atoms with Crippen molar-refractivity contribution in [3.63, 3.8) is 0 Å². The summed E-state index contributed by atoms with van der Waals surface area (Å²) in [5.41, 5.74) is 2.64. The minimum Gasteiger partial charge on any atom is -0.495 e. The number of methoxy groups -OCH3 is 3. The van der Waals surface area contributed by atoms with Gasteiger partial charge in [-0.15, -0.1) is 0 Å². The second-order valence-electron chi connectivity index (χ2n) is 7.38. The normalized spacial score (nSPS) is 12.5. The van der Waals surface area contributed by atoms with Crippen LogP contribution in [0.15, 0.2) is 36.5 Å². The van der Waals surface area contributed by atoms with Gasteiger partial charge >= 0.3 is 0 Å². The summed E-state index contributed by atoms with van der Waals surface area (Å²) in [7, 11) is 4.59. The SMILES string of the molecule is COc1ccc(NC(C)=O)cc1NC(=O)CCN1C=Cc2cc(OC)c(OC)cc2CC1=O. The molecule has 0 radical (unpaired) electrons. The molecule has 0 bridgehead atoms. The molecule has 3 amide bonds. The van der Waals surface area contributed by atoms with Gasteiger partial charge in [0.1, 0.15) is 5.75 Å². The monoisotopic (exact) mass is 453 g/mol. The van der Waals surface area contributed by atoms with E-state index >= 15 is 0 Å². The molecule has 0 atom stereocenters. The zero-order chi connectivity index (χ0) is 24.0. The highest BCUT2D eigenvalue weighted by Crippen LogP contribution is 2.33. The lowest BCUT2D eigenvalue weighted by Gasteiger charge is -2.17. The van der Waals surface area contributed by atoms with Crippen LogP contribution in [-0.2, 0) is 20.8 Å². The molecule has 9 nitrogen and oxygen atoms in total. The standard InChI is InChI=1S/C24H27N3O6/c1-15(28)25-18-5-6-20(31-2)19(14-18)26-23(29)8-10-27-9-7-16-11-21(32-3)22(33-4)12-17(16)13-24(27)30/h5-7,9,11-12,14H,8,10,13H2,1-4H3,(H,25,28)(H,26,29). The molecule has 0 fully saturated rings. The van der Waals surface area contributed by atoms with Crippen LogP contribution in [0.3, 0.4) is 0 Å². The number of fused-ring (bicyclic) bond motifs is 1. The summed E-state index contributed by atoms with van der Waals surface area (Å²) >= 11 is 0. The molecule has 2 aromatic carbocycles. The molecule has 1 aliphatic heterocycles. The highest BCUT2D eigenvalue weighted by Gasteiger charge is 2.20. The van der Waals surface area contributed by atoms with E-state index in [4.69, 9.17) is 14.2 Å². The van der Waals surface area contributed by atoms with Gasteiger partial charge in [-0.25, -0.2) is 0 Å². The summed E-state index contributed by atoms with van der Waals surface area (Å²) in [6, 6.07) is 8.57. The second kappa shape index (κ2) is 10.5. The van der Waals surface area contributed by atoms with Crippen molar-refractivity contribution in [1.29, 1.82) is 0 Å². The highest BCUT2D eigenvalue weighted by molar-refractivity contribution is 5.95. The molecule has 33 heavy (non-hydrogen) atoms. The van der Waals surface area contributed by atoms with Gasteiger partial charge in [0.15, 0.2) is 11.5 Å². The summed E-state index contributed by atoms with van der Waals surface area (Å²) in [5, 5.41) is 5.45. The van der Waals surface area contributed by atoms with Crippen LogP contribution < -0.4 is 24.8 Å². The van der Waals surface area contributed by atoms with Crippen LogP contribution in [0.25, 0.3) is 6.08 Å². The van der Waals surface area contributed by atoms with E-state index < -0.39 is 0 Å². The van der Waals surface area contributed by atoms with Crippen LogP contribution in [0.5, 0.6) is 17.2 Å². The molecule has 0 aliphatic carbocycles. The fourth-order valence-electron chi connectivity index (χ4n) is 3.48. The largest absolute Gasteiger partial charge is 0.495 e. The van der Waals surface area contributed by atoms with Gasteiger partial charge in [0.2, 0.25) is 17.7 Å². The topological polar surface area (TPSA) is 106 Å². The van der Waals surface area contributed by atoms with E-state index in [1.807, 2.05) is 12.1 Å². The Morgan fingerprint density at radius 3 is 2.33 bits per heavy atom. The van der Waals surface area contributed by atoms with Gasteiger partial charge in [0, 0.05) is 31.8 Å². The van der Waals surface area contributed by atoms with E-state index in [9.17, 15) is 14.4 Å². The fraction of sp³-hybridized carbons (Fsp3) is 0.292. The first-order valence-electron chi connectivity index (χ1n) is 10.3. The third-order valence-electron chi connectivity index (χ3n) is 5.12. The van der Waals surface area contributed by atoms with Gasteiger partial charge in [-0.05, 0) is 47.5 Å². The van der Waals surface area contributed by atoms with Gasteiger partial charge in [0.25, 0.3) is 0 Å². The molecule has 0 saturated carbocycles. The summed E-state index contributed by atoms with van der Waals surface area (Å²) in [6.45, 7) is 1.61. The molecule has 0 unspecified atom stereocenters. The van der Waals surface area contributed by atoms with Crippen molar-refractivity contribution >= 4 is 35.2 Å². The van der Waals surface area contributed by atoms with Crippen LogP contribution in [0.4, 0.5) is 11.4 Å². The minimum atomic E-state index is -0.292. The number of anilines is 2. The molecule has 0 aromatic heterocycles. The Hall–Kier alpha value is -4.01. The number of ether oxygens (including phenoxy) is 3. The predicted molar refractivity (Wildman–Crippen MR) is 125 cm³/mol. The third kappa shape index (κ3) is 5.82. The first-order chi connectivity index (χ1) is 15.8. The molecule has 1 heterocycles. The molecule has 1 aliphatic rings. The number of carbonyl (C=O) groups is 3. The molecule has 2 N–H and O–H groups in total. The van der Waals surface area contributed by atoms with Crippen LogP contribution in [-0.4, -0.2) is 50.5 Å². The molecule has 174 valence electrons. The maximum atomic E-state index is 12.8. The molecule has 9 heteroatoms. The number of amides is 3. The number of nitrogens with zero attached hydrogens (tertiary/aromatic N) is 1. The van der Waals surface area contributed by atoms with Crippen molar-refractivity contribution in [3.8, 4) is 17.2 Å². The maximum absolute atomic E-state index is 12.8. The van der Waals surface area contributed by atoms with Crippen molar-refractivity contribution in [2.75, 3.05) is 38.5 Å². The smallest absolute Gasteiger partial charge is 0.230 e. The number of rotatable bonds is 8. The van der Waals surface area contributed by atoms with Gasteiger partial charge < -0.3 is 29.7 Å². The molecular weight excluding hydrogens is 426 g/mol. The van der Waals surface area contributed by atoms with Crippen molar-refractivity contribution < 1.29 is 28.6 Å².